The molecular weight excluding hydrogens is 352 g/mol. The van der Waals surface area contributed by atoms with Gasteiger partial charge in [0.1, 0.15) is 11.4 Å². The Morgan fingerprint density at radius 2 is 1.96 bits per heavy atom. The zero-order chi connectivity index (χ0) is 19.5. The van der Waals surface area contributed by atoms with Gasteiger partial charge in [-0.2, -0.15) is 0 Å². The molecule has 140 valence electrons. The number of carbonyl (C=O) groups excluding carboxylic acids is 1. The van der Waals surface area contributed by atoms with Gasteiger partial charge in [0.15, 0.2) is 11.6 Å². The molecule has 1 amide bonds. The molecule has 4 N–H and O–H groups in total. The first-order chi connectivity index (χ1) is 13.6. The summed E-state index contributed by atoms with van der Waals surface area (Å²) in [6.45, 7) is 2.52. The lowest BCUT2D eigenvalue weighted by atomic mass is 10.1. The summed E-state index contributed by atoms with van der Waals surface area (Å²) in [4.78, 5) is 28.7. The predicted octanol–water partition coefficient (Wildman–Crippen LogP) is 2.88. The lowest BCUT2D eigenvalue weighted by Gasteiger charge is -2.07. The molecular formula is C21H20N6O. The minimum absolute atomic E-state index is 0.203. The summed E-state index contributed by atoms with van der Waals surface area (Å²) in [7, 11) is 0. The molecule has 0 aliphatic rings. The van der Waals surface area contributed by atoms with Crippen molar-refractivity contribution in [2.45, 2.75) is 13.3 Å². The number of aryl methyl sites for hydroxylation is 1. The molecule has 2 heterocycles. The van der Waals surface area contributed by atoms with Gasteiger partial charge in [0, 0.05) is 6.54 Å². The Bertz CT molecular complexity index is 1140. The fraction of sp³-hybridized carbons (Fsp3) is 0.143. The van der Waals surface area contributed by atoms with Crippen molar-refractivity contribution in [3.05, 3.63) is 71.5 Å². The van der Waals surface area contributed by atoms with Crippen LogP contribution in [0.2, 0.25) is 0 Å². The van der Waals surface area contributed by atoms with E-state index >= 15 is 0 Å². The number of imidazole rings is 1. The Morgan fingerprint density at radius 1 is 1.14 bits per heavy atom. The topological polar surface area (TPSA) is 110 Å². The molecule has 0 saturated heterocycles. The van der Waals surface area contributed by atoms with E-state index in [2.05, 4.69) is 25.3 Å². The van der Waals surface area contributed by atoms with Gasteiger partial charge < -0.3 is 16.0 Å². The molecule has 0 saturated carbocycles. The monoisotopic (exact) mass is 372 g/mol. The third kappa shape index (κ3) is 3.68. The maximum absolute atomic E-state index is 12.5. The number of hydrogen-bond acceptors (Lipinski definition) is 5. The lowest BCUT2D eigenvalue weighted by molar-refractivity contribution is 0.0949. The molecule has 0 aliphatic heterocycles. The number of anilines is 1. The largest absolute Gasteiger partial charge is 0.382 e. The molecule has 0 bridgehead atoms. The van der Waals surface area contributed by atoms with Crippen molar-refractivity contribution in [3.8, 4) is 11.5 Å². The average Bonchev–Trinajstić information content (AvgIpc) is 3.12. The Labute approximate surface area is 162 Å². The van der Waals surface area contributed by atoms with Crippen molar-refractivity contribution in [1.82, 2.24) is 25.3 Å². The zero-order valence-corrected chi connectivity index (χ0v) is 15.4. The van der Waals surface area contributed by atoms with Crippen LogP contribution >= 0.6 is 0 Å². The number of benzene rings is 2. The maximum atomic E-state index is 12.5. The quantitative estimate of drug-likeness (QED) is 0.499. The predicted molar refractivity (Wildman–Crippen MR) is 109 cm³/mol. The number of aromatic nitrogens is 4. The smallest absolute Gasteiger partial charge is 0.271 e. The van der Waals surface area contributed by atoms with E-state index < -0.39 is 0 Å². The Hall–Kier alpha value is -3.74. The Morgan fingerprint density at radius 3 is 2.79 bits per heavy atom. The van der Waals surface area contributed by atoms with Gasteiger partial charge in [-0.15, -0.1) is 0 Å². The van der Waals surface area contributed by atoms with Crippen LogP contribution in [-0.4, -0.2) is 32.4 Å². The van der Waals surface area contributed by atoms with Crippen molar-refractivity contribution in [2.75, 3.05) is 12.3 Å². The van der Waals surface area contributed by atoms with Gasteiger partial charge in [-0.1, -0.05) is 36.4 Å². The van der Waals surface area contributed by atoms with Gasteiger partial charge in [-0.25, -0.2) is 15.0 Å². The number of nitrogens with zero attached hydrogens (tertiary/aromatic N) is 3. The summed E-state index contributed by atoms with van der Waals surface area (Å²) in [6, 6.07) is 15.9. The molecule has 4 aromatic rings. The summed E-state index contributed by atoms with van der Waals surface area (Å²) in [5.41, 5.74) is 10.5. The summed E-state index contributed by atoms with van der Waals surface area (Å²) in [5, 5.41) is 2.87. The second kappa shape index (κ2) is 7.48. The van der Waals surface area contributed by atoms with E-state index in [1.807, 2.05) is 55.5 Å². The zero-order valence-electron chi connectivity index (χ0n) is 15.4. The SMILES string of the molecule is Cc1ccc2nc(-c3nc(C(=O)NCCc4ccccc4)cnc3N)[nH]c2c1. The van der Waals surface area contributed by atoms with E-state index in [0.29, 0.717) is 18.1 Å². The van der Waals surface area contributed by atoms with Crippen molar-refractivity contribution in [3.63, 3.8) is 0 Å². The number of fused-ring (bicyclic) bond motifs is 1. The molecule has 0 atom stereocenters. The van der Waals surface area contributed by atoms with E-state index in [0.717, 1.165) is 28.6 Å². The number of nitrogens with two attached hydrogens (primary N) is 1. The van der Waals surface area contributed by atoms with E-state index in [9.17, 15) is 4.79 Å². The highest BCUT2D eigenvalue weighted by molar-refractivity contribution is 5.93. The third-order valence-electron chi connectivity index (χ3n) is 4.44. The van der Waals surface area contributed by atoms with Gasteiger partial charge in [0.25, 0.3) is 5.91 Å². The molecule has 0 radical (unpaired) electrons. The van der Waals surface area contributed by atoms with Gasteiger partial charge >= 0.3 is 0 Å². The number of carbonyl (C=O) groups is 1. The van der Waals surface area contributed by atoms with Crippen molar-refractivity contribution < 1.29 is 4.79 Å². The third-order valence-corrected chi connectivity index (χ3v) is 4.44. The Balaban J connectivity index is 1.53. The van der Waals surface area contributed by atoms with Crippen LogP contribution in [0.1, 0.15) is 21.6 Å². The molecule has 0 unspecified atom stereocenters. The molecule has 0 aliphatic carbocycles. The van der Waals surface area contributed by atoms with Crippen LogP contribution in [0, 0.1) is 6.92 Å². The normalized spacial score (nSPS) is 10.9. The van der Waals surface area contributed by atoms with Gasteiger partial charge in [0.05, 0.1) is 17.2 Å². The highest BCUT2D eigenvalue weighted by Gasteiger charge is 2.15. The lowest BCUT2D eigenvalue weighted by Crippen LogP contribution is -2.27. The summed E-state index contributed by atoms with van der Waals surface area (Å²) in [6.07, 6.45) is 2.12. The number of amides is 1. The second-order valence-electron chi connectivity index (χ2n) is 6.59. The van der Waals surface area contributed by atoms with Crippen LogP contribution in [0.4, 0.5) is 5.82 Å². The van der Waals surface area contributed by atoms with Crippen LogP contribution in [0.25, 0.3) is 22.6 Å². The number of nitrogen functional groups attached to an aromatic ring is 1. The molecule has 7 heteroatoms. The molecule has 0 fully saturated rings. The van der Waals surface area contributed by atoms with E-state index in [1.54, 1.807) is 0 Å². The molecule has 7 nitrogen and oxygen atoms in total. The fourth-order valence-corrected chi connectivity index (χ4v) is 2.97. The van der Waals surface area contributed by atoms with E-state index in [-0.39, 0.29) is 17.4 Å². The fourth-order valence-electron chi connectivity index (χ4n) is 2.97. The first-order valence-electron chi connectivity index (χ1n) is 9.01. The first kappa shape index (κ1) is 17.7. The average molecular weight is 372 g/mol. The maximum Gasteiger partial charge on any atom is 0.271 e. The standard InChI is InChI=1S/C21H20N6O/c1-13-7-8-15-16(11-13)27-20(26-15)18-19(22)24-12-17(25-18)21(28)23-10-9-14-5-3-2-4-6-14/h2-8,11-12H,9-10H2,1H3,(H2,22,24)(H,23,28)(H,26,27). The van der Waals surface area contributed by atoms with Crippen molar-refractivity contribution >= 4 is 22.8 Å². The Kier molecular flexibility index (Phi) is 4.72. The molecule has 0 spiro atoms. The summed E-state index contributed by atoms with van der Waals surface area (Å²) < 4.78 is 0. The van der Waals surface area contributed by atoms with Crippen LogP contribution in [0.15, 0.2) is 54.7 Å². The summed E-state index contributed by atoms with van der Waals surface area (Å²) >= 11 is 0. The van der Waals surface area contributed by atoms with Crippen molar-refractivity contribution in [2.24, 2.45) is 0 Å². The molecule has 2 aromatic heterocycles. The minimum Gasteiger partial charge on any atom is -0.382 e. The molecule has 2 aromatic carbocycles. The minimum atomic E-state index is -0.295. The summed E-state index contributed by atoms with van der Waals surface area (Å²) in [5.74, 6) is 0.415. The number of nitrogens with one attached hydrogen (secondary N) is 2. The second-order valence-corrected chi connectivity index (χ2v) is 6.59. The van der Waals surface area contributed by atoms with Crippen LogP contribution in [0.5, 0.6) is 0 Å². The van der Waals surface area contributed by atoms with Crippen molar-refractivity contribution in [1.29, 1.82) is 0 Å². The van der Waals surface area contributed by atoms with Gasteiger partial charge in [-0.05, 0) is 36.6 Å². The number of H-pyrrole nitrogens is 1. The van der Waals surface area contributed by atoms with Crippen LogP contribution in [0.3, 0.4) is 0 Å². The van der Waals surface area contributed by atoms with Gasteiger partial charge in [0.2, 0.25) is 0 Å². The van der Waals surface area contributed by atoms with E-state index in [4.69, 9.17) is 5.73 Å². The van der Waals surface area contributed by atoms with Gasteiger partial charge in [-0.3, -0.25) is 4.79 Å². The van der Waals surface area contributed by atoms with Crippen LogP contribution < -0.4 is 11.1 Å². The number of rotatable bonds is 5. The number of hydrogen-bond donors (Lipinski definition) is 3. The molecule has 4 rings (SSSR count). The number of aromatic amines is 1. The highest BCUT2D eigenvalue weighted by atomic mass is 16.1. The van der Waals surface area contributed by atoms with E-state index in [1.165, 1.54) is 6.20 Å². The van der Waals surface area contributed by atoms with Crippen LogP contribution in [-0.2, 0) is 6.42 Å². The first-order valence-corrected chi connectivity index (χ1v) is 9.01. The highest BCUT2D eigenvalue weighted by Crippen LogP contribution is 2.23. The molecule has 28 heavy (non-hydrogen) atoms.